The lowest BCUT2D eigenvalue weighted by Crippen LogP contribution is -2.28. The van der Waals surface area contributed by atoms with Gasteiger partial charge < -0.3 is 10.6 Å². The molecule has 0 saturated carbocycles. The number of para-hydroxylation sites is 1. The largest absolute Gasteiger partial charge is 0.366 e. The molecule has 0 saturated heterocycles. The van der Waals surface area contributed by atoms with Crippen molar-refractivity contribution >= 4 is 57.4 Å². The van der Waals surface area contributed by atoms with Gasteiger partial charge in [-0.15, -0.1) is 0 Å². The lowest BCUT2D eigenvalue weighted by molar-refractivity contribution is 0.930. The average Bonchev–Trinajstić information content (AvgIpc) is 2.88. The Morgan fingerprint density at radius 3 is 2.61 bits per heavy atom. The molecule has 2 N–H and O–H groups in total. The van der Waals surface area contributed by atoms with E-state index >= 15 is 0 Å². The number of fused-ring (bicyclic) bond motifs is 3. The van der Waals surface area contributed by atoms with Crippen LogP contribution in [0.15, 0.2) is 88.7 Å². The van der Waals surface area contributed by atoms with Gasteiger partial charge >= 0.3 is 0 Å². The molecule has 2 aliphatic rings. The molecule has 0 unspecified atom stereocenters. The second kappa shape index (κ2) is 8.39. The first kappa shape index (κ1) is 20.1. The number of pyridine rings is 1. The van der Waals surface area contributed by atoms with Gasteiger partial charge in [0.2, 0.25) is 0 Å². The molecule has 5 rings (SSSR count). The van der Waals surface area contributed by atoms with Crippen molar-refractivity contribution in [1.29, 1.82) is 0 Å². The first-order valence-electron chi connectivity index (χ1n) is 9.76. The van der Waals surface area contributed by atoms with Crippen molar-refractivity contribution in [2.24, 2.45) is 4.99 Å². The number of anilines is 1. The van der Waals surface area contributed by atoms with E-state index in [2.05, 4.69) is 39.9 Å². The molecule has 2 bridgehead atoms. The maximum absolute atomic E-state index is 6.39. The van der Waals surface area contributed by atoms with Crippen molar-refractivity contribution < 1.29 is 0 Å². The monoisotopic (exact) mass is 466 g/mol. The molecule has 1 aliphatic carbocycles. The first-order chi connectivity index (χ1) is 15.0. The predicted molar refractivity (Wildman–Crippen MR) is 130 cm³/mol. The number of hydrogen-bond donors (Lipinski definition) is 2. The Morgan fingerprint density at radius 2 is 1.77 bits per heavy atom. The highest BCUT2D eigenvalue weighted by atomic mass is 35.5. The molecule has 0 spiro atoms. The summed E-state index contributed by atoms with van der Waals surface area (Å²) in [4.78, 5) is 9.38. The molecule has 7 heteroatoms. The van der Waals surface area contributed by atoms with Crippen LogP contribution in [0.2, 0.25) is 15.1 Å². The van der Waals surface area contributed by atoms with Gasteiger partial charge in [0, 0.05) is 34.8 Å². The van der Waals surface area contributed by atoms with E-state index < -0.39 is 0 Å². The van der Waals surface area contributed by atoms with E-state index in [-0.39, 0.29) is 0 Å². The second-order valence-electron chi connectivity index (χ2n) is 7.32. The summed E-state index contributed by atoms with van der Waals surface area (Å²) in [5.74, 6) is 1.46. The fourth-order valence-corrected chi connectivity index (χ4v) is 4.61. The summed E-state index contributed by atoms with van der Waals surface area (Å²) in [6.45, 7) is 0.637. The van der Waals surface area contributed by atoms with Crippen LogP contribution in [0.25, 0.3) is 10.9 Å². The molecule has 4 nitrogen and oxygen atoms in total. The molecular formula is C24H17Cl3N4. The SMILES string of the molecule is Clc1cc(Cl)c(C2=NC3=CC=C(CNc4ccc5ccccc5n4)C=C(C3)N2)c(Cl)c1. The minimum absolute atomic E-state index is 0.459. The van der Waals surface area contributed by atoms with Gasteiger partial charge in [0.25, 0.3) is 0 Å². The topological polar surface area (TPSA) is 49.3 Å². The molecule has 0 atom stereocenters. The normalized spacial score (nSPS) is 15.3. The summed E-state index contributed by atoms with van der Waals surface area (Å²) in [5, 5.41) is 9.30. The van der Waals surface area contributed by atoms with Crippen molar-refractivity contribution in [2.45, 2.75) is 6.42 Å². The maximum atomic E-state index is 6.39. The van der Waals surface area contributed by atoms with Crippen molar-refractivity contribution in [2.75, 3.05) is 11.9 Å². The van der Waals surface area contributed by atoms with Gasteiger partial charge in [-0.3, -0.25) is 0 Å². The number of nitrogens with one attached hydrogen (secondary N) is 2. The minimum atomic E-state index is 0.459. The van der Waals surface area contributed by atoms with Gasteiger partial charge in [0.05, 0.1) is 21.1 Å². The van der Waals surface area contributed by atoms with Crippen LogP contribution in [-0.4, -0.2) is 17.4 Å². The summed E-state index contributed by atoms with van der Waals surface area (Å²) in [6, 6.07) is 15.5. The van der Waals surface area contributed by atoms with Crippen LogP contribution < -0.4 is 10.6 Å². The first-order valence-corrected chi connectivity index (χ1v) is 10.9. The van der Waals surface area contributed by atoms with Crippen LogP contribution in [0, 0.1) is 0 Å². The van der Waals surface area contributed by atoms with E-state index in [1.165, 1.54) is 0 Å². The molecule has 1 aromatic heterocycles. The Bertz CT molecular complexity index is 1300. The third kappa shape index (κ3) is 4.33. The second-order valence-corrected chi connectivity index (χ2v) is 8.57. The molecular weight excluding hydrogens is 451 g/mol. The van der Waals surface area contributed by atoms with Crippen molar-refractivity contribution in [3.63, 3.8) is 0 Å². The van der Waals surface area contributed by atoms with Gasteiger partial charge in [-0.05, 0) is 48.1 Å². The number of halogens is 3. The lowest BCUT2D eigenvalue weighted by Gasteiger charge is -2.21. The van der Waals surface area contributed by atoms with Gasteiger partial charge in [-0.1, -0.05) is 59.1 Å². The lowest BCUT2D eigenvalue weighted by atomic mass is 10.1. The number of allylic oxidation sites excluding steroid dienone is 2. The Hall–Kier alpha value is -2.79. The standard InChI is InChI=1S/C24H17Cl3N4/c25-16-10-19(26)23(20(27)11-16)24-29-17-7-5-14(9-18(12-17)30-24)13-28-22-8-6-15-3-1-2-4-21(15)31-22/h1-11H,12-13H2,(H,28,31)(H,29,30). The highest BCUT2D eigenvalue weighted by Crippen LogP contribution is 2.32. The summed E-state index contributed by atoms with van der Waals surface area (Å²) in [7, 11) is 0. The van der Waals surface area contributed by atoms with Crippen LogP contribution in [0.3, 0.4) is 0 Å². The fraction of sp³-hybridized carbons (Fsp3) is 0.0833. The third-order valence-electron chi connectivity index (χ3n) is 5.07. The molecule has 0 radical (unpaired) electrons. The van der Waals surface area contributed by atoms with E-state index in [4.69, 9.17) is 39.8 Å². The Labute approximate surface area is 194 Å². The van der Waals surface area contributed by atoms with E-state index in [1.54, 1.807) is 12.1 Å². The highest BCUT2D eigenvalue weighted by Gasteiger charge is 2.21. The fourth-order valence-electron chi connectivity index (χ4n) is 3.61. The molecule has 31 heavy (non-hydrogen) atoms. The number of aliphatic imine (C=N–C) groups is 1. The molecule has 2 aromatic carbocycles. The summed E-state index contributed by atoms with van der Waals surface area (Å²) in [6.07, 6.45) is 6.91. The zero-order valence-corrected chi connectivity index (χ0v) is 18.6. The molecule has 1 aliphatic heterocycles. The number of amidine groups is 1. The quantitative estimate of drug-likeness (QED) is 0.446. The average molecular weight is 468 g/mol. The van der Waals surface area contributed by atoms with Crippen molar-refractivity contribution in [1.82, 2.24) is 10.3 Å². The molecule has 3 aromatic rings. The smallest absolute Gasteiger partial charge is 0.140 e. The van der Waals surface area contributed by atoms with Crippen LogP contribution >= 0.6 is 34.8 Å². The van der Waals surface area contributed by atoms with Crippen molar-refractivity contribution in [3.05, 3.63) is 104 Å². The number of hydrogen-bond acceptors (Lipinski definition) is 4. The number of nitrogens with zero attached hydrogens (tertiary/aromatic N) is 2. The Morgan fingerprint density at radius 1 is 0.968 bits per heavy atom. The van der Waals surface area contributed by atoms with Crippen molar-refractivity contribution in [3.8, 4) is 0 Å². The van der Waals surface area contributed by atoms with E-state index in [0.29, 0.717) is 39.4 Å². The summed E-state index contributed by atoms with van der Waals surface area (Å²) >= 11 is 18.8. The predicted octanol–water partition coefficient (Wildman–Crippen LogP) is 6.75. The van der Waals surface area contributed by atoms with Crippen LogP contribution in [0.5, 0.6) is 0 Å². The van der Waals surface area contributed by atoms with E-state index in [0.717, 1.165) is 33.7 Å². The van der Waals surface area contributed by atoms with E-state index in [9.17, 15) is 0 Å². The number of rotatable bonds is 4. The van der Waals surface area contributed by atoms with Crippen LogP contribution in [0.1, 0.15) is 12.0 Å². The molecule has 154 valence electrons. The van der Waals surface area contributed by atoms with Crippen LogP contribution in [-0.2, 0) is 0 Å². The van der Waals surface area contributed by atoms with Gasteiger partial charge in [-0.2, -0.15) is 0 Å². The van der Waals surface area contributed by atoms with Gasteiger partial charge in [-0.25, -0.2) is 9.98 Å². The molecule has 0 amide bonds. The zero-order valence-electron chi connectivity index (χ0n) is 16.3. The Kier molecular flexibility index (Phi) is 5.45. The minimum Gasteiger partial charge on any atom is -0.366 e. The third-order valence-corrected chi connectivity index (χ3v) is 5.89. The van der Waals surface area contributed by atoms with Crippen LogP contribution in [0.4, 0.5) is 5.82 Å². The highest BCUT2D eigenvalue weighted by molar-refractivity contribution is 6.42. The zero-order chi connectivity index (χ0) is 21.4. The van der Waals surface area contributed by atoms with E-state index in [1.807, 2.05) is 30.3 Å². The maximum Gasteiger partial charge on any atom is 0.140 e. The van der Waals surface area contributed by atoms with Gasteiger partial charge in [0.1, 0.15) is 11.7 Å². The summed E-state index contributed by atoms with van der Waals surface area (Å²) < 4.78 is 0. The molecule has 2 heterocycles. The summed E-state index contributed by atoms with van der Waals surface area (Å²) in [5.41, 5.74) is 4.68. The Balaban J connectivity index is 1.35. The van der Waals surface area contributed by atoms with Gasteiger partial charge in [0.15, 0.2) is 0 Å². The number of aromatic nitrogens is 1. The molecule has 0 fully saturated rings. The number of benzene rings is 2.